The average Bonchev–Trinajstić information content (AvgIpc) is 3.15. The Bertz CT molecular complexity index is 1010. The molecule has 0 saturated heterocycles. The zero-order chi connectivity index (χ0) is 21.0. The SMILES string of the molecule is CCOc1nc(Nc2ccc(C(=O)NCC(C)(C)O)cc2OC)nc2[nH]ccc12. The Morgan fingerprint density at radius 3 is 2.76 bits per heavy atom. The molecule has 29 heavy (non-hydrogen) atoms. The van der Waals surface area contributed by atoms with Gasteiger partial charge in [-0.15, -0.1) is 0 Å². The summed E-state index contributed by atoms with van der Waals surface area (Å²) in [7, 11) is 1.51. The van der Waals surface area contributed by atoms with Gasteiger partial charge < -0.3 is 30.2 Å². The van der Waals surface area contributed by atoms with Gasteiger partial charge in [0.25, 0.3) is 5.91 Å². The first-order valence-corrected chi connectivity index (χ1v) is 9.24. The molecular weight excluding hydrogens is 374 g/mol. The first-order chi connectivity index (χ1) is 13.8. The quantitative estimate of drug-likeness (QED) is 0.459. The first kappa shape index (κ1) is 20.4. The zero-order valence-corrected chi connectivity index (χ0v) is 16.9. The predicted octanol–water partition coefficient (Wildman–Crippen LogP) is 2.61. The van der Waals surface area contributed by atoms with Crippen LogP contribution in [-0.4, -0.2) is 51.8 Å². The van der Waals surface area contributed by atoms with Gasteiger partial charge in [0.2, 0.25) is 11.8 Å². The number of fused-ring (bicyclic) bond motifs is 1. The van der Waals surface area contributed by atoms with Gasteiger partial charge in [-0.3, -0.25) is 4.79 Å². The number of H-pyrrole nitrogens is 1. The molecule has 0 atom stereocenters. The molecule has 1 aromatic carbocycles. The summed E-state index contributed by atoms with van der Waals surface area (Å²) < 4.78 is 11.0. The maximum Gasteiger partial charge on any atom is 0.251 e. The van der Waals surface area contributed by atoms with E-state index < -0.39 is 5.60 Å². The van der Waals surface area contributed by atoms with Gasteiger partial charge in [0, 0.05) is 18.3 Å². The van der Waals surface area contributed by atoms with E-state index in [4.69, 9.17) is 9.47 Å². The van der Waals surface area contributed by atoms with E-state index in [1.165, 1.54) is 7.11 Å². The number of rotatable bonds is 8. The highest BCUT2D eigenvalue weighted by Crippen LogP contribution is 2.30. The monoisotopic (exact) mass is 399 g/mol. The molecular formula is C20H25N5O4. The van der Waals surface area contributed by atoms with Gasteiger partial charge in [-0.2, -0.15) is 9.97 Å². The molecule has 0 saturated carbocycles. The molecule has 9 nitrogen and oxygen atoms in total. The molecule has 154 valence electrons. The minimum Gasteiger partial charge on any atom is -0.495 e. The Hall–Kier alpha value is -3.33. The van der Waals surface area contributed by atoms with Gasteiger partial charge in [0.15, 0.2) is 0 Å². The number of carbonyl (C=O) groups is 1. The van der Waals surface area contributed by atoms with Crippen LogP contribution in [0.15, 0.2) is 30.5 Å². The Kier molecular flexibility index (Phi) is 5.88. The van der Waals surface area contributed by atoms with Crippen molar-refractivity contribution in [2.45, 2.75) is 26.4 Å². The second-order valence-corrected chi connectivity index (χ2v) is 7.06. The minimum atomic E-state index is -0.993. The molecule has 0 fully saturated rings. The molecule has 0 bridgehead atoms. The molecule has 9 heteroatoms. The molecule has 0 aliphatic carbocycles. The summed E-state index contributed by atoms with van der Waals surface area (Å²) in [6, 6.07) is 6.83. The Morgan fingerprint density at radius 2 is 2.07 bits per heavy atom. The molecule has 2 heterocycles. The summed E-state index contributed by atoms with van der Waals surface area (Å²) in [5, 5.41) is 16.4. The molecule has 0 spiro atoms. The highest BCUT2D eigenvalue weighted by Gasteiger charge is 2.17. The number of amides is 1. The molecule has 0 radical (unpaired) electrons. The molecule has 0 aliphatic heterocycles. The van der Waals surface area contributed by atoms with Gasteiger partial charge in [-0.25, -0.2) is 0 Å². The summed E-state index contributed by atoms with van der Waals surface area (Å²) in [5.41, 5.74) is 0.660. The number of anilines is 2. The van der Waals surface area contributed by atoms with E-state index >= 15 is 0 Å². The topological polar surface area (TPSA) is 121 Å². The van der Waals surface area contributed by atoms with E-state index in [1.54, 1.807) is 38.2 Å². The fourth-order valence-electron chi connectivity index (χ4n) is 2.67. The summed E-state index contributed by atoms with van der Waals surface area (Å²) in [5.74, 6) is 0.956. The summed E-state index contributed by atoms with van der Waals surface area (Å²) in [6.45, 7) is 5.75. The van der Waals surface area contributed by atoms with Crippen LogP contribution in [0.25, 0.3) is 11.0 Å². The third-order valence-electron chi connectivity index (χ3n) is 4.05. The lowest BCUT2D eigenvalue weighted by molar-refractivity contribution is 0.0694. The van der Waals surface area contributed by atoms with E-state index in [9.17, 15) is 9.90 Å². The molecule has 4 N–H and O–H groups in total. The van der Waals surface area contributed by atoms with Crippen molar-refractivity contribution in [1.82, 2.24) is 20.3 Å². The number of hydrogen-bond acceptors (Lipinski definition) is 7. The molecule has 3 aromatic rings. The smallest absolute Gasteiger partial charge is 0.251 e. The van der Waals surface area contributed by atoms with E-state index in [1.807, 2.05) is 13.0 Å². The van der Waals surface area contributed by atoms with Crippen molar-refractivity contribution in [2.75, 3.05) is 25.6 Å². The maximum atomic E-state index is 12.3. The van der Waals surface area contributed by atoms with E-state index in [-0.39, 0.29) is 12.5 Å². The molecule has 2 aromatic heterocycles. The van der Waals surface area contributed by atoms with Crippen molar-refractivity contribution in [2.24, 2.45) is 0 Å². The number of nitrogens with one attached hydrogen (secondary N) is 3. The summed E-state index contributed by atoms with van der Waals surface area (Å²) in [4.78, 5) is 24.2. The number of methoxy groups -OCH3 is 1. The lowest BCUT2D eigenvalue weighted by Gasteiger charge is -2.18. The number of aromatic nitrogens is 3. The van der Waals surface area contributed by atoms with Gasteiger partial charge >= 0.3 is 0 Å². The zero-order valence-electron chi connectivity index (χ0n) is 16.9. The van der Waals surface area contributed by atoms with Gasteiger partial charge in [-0.1, -0.05) is 0 Å². The van der Waals surface area contributed by atoms with E-state index in [0.717, 1.165) is 5.39 Å². The van der Waals surface area contributed by atoms with Crippen LogP contribution in [0.5, 0.6) is 11.6 Å². The fraction of sp³-hybridized carbons (Fsp3) is 0.350. The molecule has 0 aliphatic rings. The van der Waals surface area contributed by atoms with Gasteiger partial charge in [0.05, 0.1) is 30.4 Å². The maximum absolute atomic E-state index is 12.3. The normalized spacial score (nSPS) is 11.3. The fourth-order valence-corrected chi connectivity index (χ4v) is 2.67. The number of benzene rings is 1. The lowest BCUT2D eigenvalue weighted by Crippen LogP contribution is -2.38. The number of hydrogen-bond donors (Lipinski definition) is 4. The van der Waals surface area contributed by atoms with Crippen LogP contribution in [0.1, 0.15) is 31.1 Å². The van der Waals surface area contributed by atoms with Crippen molar-refractivity contribution >= 4 is 28.6 Å². The van der Waals surface area contributed by atoms with Gasteiger partial charge in [0.1, 0.15) is 11.4 Å². The second-order valence-electron chi connectivity index (χ2n) is 7.06. The molecule has 1 amide bonds. The third kappa shape index (κ3) is 4.94. The summed E-state index contributed by atoms with van der Waals surface area (Å²) >= 11 is 0. The van der Waals surface area contributed by atoms with E-state index in [2.05, 4.69) is 25.6 Å². The van der Waals surface area contributed by atoms with Crippen LogP contribution < -0.4 is 20.1 Å². The molecule has 0 unspecified atom stereocenters. The number of ether oxygens (including phenoxy) is 2. The summed E-state index contributed by atoms with van der Waals surface area (Å²) in [6.07, 6.45) is 1.77. The average molecular weight is 399 g/mol. The van der Waals surface area contributed by atoms with Crippen molar-refractivity contribution in [1.29, 1.82) is 0 Å². The number of aliphatic hydroxyl groups is 1. The largest absolute Gasteiger partial charge is 0.495 e. The molecule has 3 rings (SSSR count). The standard InChI is InChI=1S/C20H25N5O4/c1-5-29-18-13-8-9-21-16(13)24-19(25-18)23-14-7-6-12(10-15(14)28-4)17(26)22-11-20(2,3)27/h6-10,27H,5,11H2,1-4H3,(H,22,26)(H2,21,23,24,25). The minimum absolute atomic E-state index is 0.137. The first-order valence-electron chi connectivity index (χ1n) is 9.24. The van der Waals surface area contributed by atoms with Crippen LogP contribution in [0.3, 0.4) is 0 Å². The number of nitrogens with zero attached hydrogens (tertiary/aromatic N) is 2. The third-order valence-corrected chi connectivity index (χ3v) is 4.05. The van der Waals surface area contributed by atoms with Crippen molar-refractivity contribution in [3.63, 3.8) is 0 Å². The highest BCUT2D eigenvalue weighted by atomic mass is 16.5. The van der Waals surface area contributed by atoms with Crippen LogP contribution in [0.4, 0.5) is 11.6 Å². The second kappa shape index (κ2) is 8.36. The van der Waals surface area contributed by atoms with Crippen LogP contribution in [-0.2, 0) is 0 Å². The van der Waals surface area contributed by atoms with Crippen molar-refractivity contribution in [3.8, 4) is 11.6 Å². The Morgan fingerprint density at radius 1 is 1.28 bits per heavy atom. The Labute approximate surface area is 168 Å². The van der Waals surface area contributed by atoms with Crippen LogP contribution in [0, 0.1) is 0 Å². The predicted molar refractivity (Wildman–Crippen MR) is 110 cm³/mol. The van der Waals surface area contributed by atoms with Crippen molar-refractivity contribution in [3.05, 3.63) is 36.0 Å². The lowest BCUT2D eigenvalue weighted by atomic mass is 10.1. The Balaban J connectivity index is 1.84. The van der Waals surface area contributed by atoms with E-state index in [0.29, 0.717) is 41.1 Å². The number of carbonyl (C=O) groups excluding carboxylic acids is 1. The van der Waals surface area contributed by atoms with Crippen LogP contribution >= 0.6 is 0 Å². The van der Waals surface area contributed by atoms with Gasteiger partial charge in [-0.05, 0) is 45.0 Å². The van der Waals surface area contributed by atoms with Crippen LogP contribution in [0.2, 0.25) is 0 Å². The highest BCUT2D eigenvalue weighted by molar-refractivity contribution is 5.95. The van der Waals surface area contributed by atoms with Crippen molar-refractivity contribution < 1.29 is 19.4 Å². The number of aromatic amines is 1.